The second kappa shape index (κ2) is 7.07. The van der Waals surface area contributed by atoms with Crippen LogP contribution in [0.2, 0.25) is 0 Å². The number of benzene rings is 1. The Hall–Kier alpha value is -0.376. The minimum absolute atomic E-state index is 0. The molecule has 13 heavy (non-hydrogen) atoms. The van der Waals surface area contributed by atoms with Crippen molar-refractivity contribution >= 4 is 18.2 Å². The normalized spacial score (nSPS) is 8.69. The second-order valence-electron chi connectivity index (χ2n) is 2.18. The Balaban J connectivity index is 0.00000144. The minimum atomic E-state index is 0. The van der Waals surface area contributed by atoms with Crippen LogP contribution in [0.3, 0.4) is 0 Å². The van der Waals surface area contributed by atoms with Crippen LogP contribution in [-0.2, 0) is 34.7 Å². The van der Waals surface area contributed by atoms with Crippen LogP contribution in [-0.4, -0.2) is 12.7 Å². The Labute approximate surface area is 93.9 Å². The Morgan fingerprint density at radius 2 is 2.15 bits per heavy atom. The predicted octanol–water partition coefficient (Wildman–Crippen LogP) is 1.99. The molecule has 0 atom stereocenters. The summed E-state index contributed by atoms with van der Waals surface area (Å²) in [6.07, 6.45) is 1.99. The van der Waals surface area contributed by atoms with E-state index in [9.17, 15) is 4.79 Å². The van der Waals surface area contributed by atoms with E-state index in [1.807, 2.05) is 30.5 Å². The molecule has 0 amide bonds. The predicted molar refractivity (Wildman–Crippen MR) is 48.7 cm³/mol. The third kappa shape index (κ3) is 3.90. The molecule has 0 aromatic heterocycles. The number of hydrogen-bond acceptors (Lipinski definition) is 3. The fourth-order valence-electron chi connectivity index (χ4n) is 0.929. The molecule has 0 saturated heterocycles. The monoisotopic (exact) mass is 232 g/mol. The molecular weight excluding hydrogens is 223 g/mol. The quantitative estimate of drug-likeness (QED) is 0.586. The average Bonchev–Trinajstić information content (AvgIpc) is 2.15. The third-order valence-corrected chi connectivity index (χ3v) is 2.32. The van der Waals surface area contributed by atoms with Crippen molar-refractivity contribution in [2.24, 2.45) is 0 Å². The maximum Gasteiger partial charge on any atom is 0.0756 e. The molecule has 0 aliphatic heterocycles. The molecule has 0 aliphatic carbocycles. The van der Waals surface area contributed by atoms with Gasteiger partial charge in [-0.1, -0.05) is 24.7 Å². The summed E-state index contributed by atoms with van der Waals surface area (Å²) in [4.78, 5) is 11.0. The number of rotatable bonds is 4. The first kappa shape index (κ1) is 12.6. The van der Waals surface area contributed by atoms with Crippen LogP contribution >= 0.6 is 11.8 Å². The molecule has 4 heteroatoms. The molecule has 0 fully saturated rings. The van der Waals surface area contributed by atoms with Crippen molar-refractivity contribution in [1.82, 2.24) is 0 Å². The summed E-state index contributed by atoms with van der Waals surface area (Å²) in [6.45, 7) is 1.71. The van der Waals surface area contributed by atoms with Gasteiger partial charge in [0, 0.05) is 23.5 Å². The van der Waals surface area contributed by atoms with Gasteiger partial charge in [-0.15, -0.1) is 11.8 Å². The van der Waals surface area contributed by atoms with Gasteiger partial charge in [0.2, 0.25) is 0 Å². The SMILES string of the molecule is CSc1ccccc1CO[C-]=O.[V]. The fraction of sp³-hybridized carbons (Fsp3) is 0.222. The standard InChI is InChI=1S/C9H9O2S.V/c1-12-9-5-3-2-4-8(9)6-11-7-10;/h2-5H,6H2,1H3;/q-1;. The van der Waals surface area contributed by atoms with Gasteiger partial charge in [0.15, 0.2) is 0 Å². The van der Waals surface area contributed by atoms with E-state index in [1.165, 1.54) is 6.47 Å². The van der Waals surface area contributed by atoms with E-state index in [0.29, 0.717) is 6.61 Å². The van der Waals surface area contributed by atoms with Gasteiger partial charge in [-0.2, -0.15) is 0 Å². The Morgan fingerprint density at radius 3 is 2.77 bits per heavy atom. The zero-order valence-electron chi connectivity index (χ0n) is 7.19. The van der Waals surface area contributed by atoms with E-state index in [2.05, 4.69) is 4.74 Å². The molecule has 0 unspecified atom stereocenters. The Morgan fingerprint density at radius 1 is 1.46 bits per heavy atom. The molecule has 1 aromatic rings. The van der Waals surface area contributed by atoms with Crippen LogP contribution < -0.4 is 0 Å². The number of ether oxygens (including phenoxy) is 1. The minimum Gasteiger partial charge on any atom is -0.650 e. The molecule has 69 valence electrons. The molecule has 1 radical (unpaired) electrons. The number of thioether (sulfide) groups is 1. The first-order valence-corrected chi connectivity index (χ1v) is 4.71. The molecule has 0 N–H and O–H groups in total. The molecule has 2 nitrogen and oxygen atoms in total. The average molecular weight is 232 g/mol. The summed E-state index contributed by atoms with van der Waals surface area (Å²) in [5, 5.41) is 0. The summed E-state index contributed by atoms with van der Waals surface area (Å²) in [5.74, 6) is 0. The summed E-state index contributed by atoms with van der Waals surface area (Å²) >= 11 is 1.64. The molecular formula is C9H9O2SV-. The molecule has 0 bridgehead atoms. The van der Waals surface area contributed by atoms with Crippen molar-refractivity contribution in [3.8, 4) is 0 Å². The number of carbonyl (C=O) groups excluding carboxylic acids is 1. The zero-order valence-corrected chi connectivity index (χ0v) is 9.40. The molecule has 0 spiro atoms. The van der Waals surface area contributed by atoms with Crippen molar-refractivity contribution in [3.63, 3.8) is 0 Å². The molecule has 1 aromatic carbocycles. The van der Waals surface area contributed by atoms with Crippen LogP contribution in [0.25, 0.3) is 0 Å². The van der Waals surface area contributed by atoms with Crippen molar-refractivity contribution < 1.29 is 28.1 Å². The Bertz CT molecular complexity index is 266. The van der Waals surface area contributed by atoms with Crippen LogP contribution in [0.1, 0.15) is 5.56 Å². The maximum absolute atomic E-state index is 9.82. The van der Waals surface area contributed by atoms with E-state index in [0.717, 1.165) is 10.5 Å². The van der Waals surface area contributed by atoms with Gasteiger partial charge in [-0.3, -0.25) is 0 Å². The van der Waals surface area contributed by atoms with Gasteiger partial charge in [0.1, 0.15) is 0 Å². The van der Waals surface area contributed by atoms with Gasteiger partial charge in [-0.25, -0.2) is 0 Å². The van der Waals surface area contributed by atoms with Crippen LogP contribution in [0, 0.1) is 0 Å². The summed E-state index contributed by atoms with van der Waals surface area (Å²) in [5.41, 5.74) is 1.02. The van der Waals surface area contributed by atoms with Crippen LogP contribution in [0.5, 0.6) is 0 Å². The van der Waals surface area contributed by atoms with Crippen molar-refractivity contribution in [1.29, 1.82) is 0 Å². The topological polar surface area (TPSA) is 26.3 Å². The van der Waals surface area contributed by atoms with Gasteiger partial charge < -0.3 is 9.53 Å². The molecule has 0 saturated carbocycles. The Kier molecular flexibility index (Phi) is 6.86. The van der Waals surface area contributed by atoms with Crippen LogP contribution in [0.4, 0.5) is 0 Å². The molecule has 0 aliphatic rings. The van der Waals surface area contributed by atoms with Crippen molar-refractivity contribution in [3.05, 3.63) is 29.8 Å². The smallest absolute Gasteiger partial charge is 0.0756 e. The maximum atomic E-state index is 9.82. The van der Waals surface area contributed by atoms with Gasteiger partial charge in [-0.05, 0) is 17.9 Å². The number of hydrogen-bond donors (Lipinski definition) is 0. The first-order valence-electron chi connectivity index (χ1n) is 3.49. The molecule has 0 heterocycles. The first-order chi connectivity index (χ1) is 5.88. The van der Waals surface area contributed by atoms with Gasteiger partial charge in [0.05, 0.1) is 6.61 Å². The molecule has 1 rings (SSSR count). The summed E-state index contributed by atoms with van der Waals surface area (Å²) in [6, 6.07) is 7.81. The fourth-order valence-corrected chi connectivity index (χ4v) is 1.53. The van der Waals surface area contributed by atoms with E-state index in [1.54, 1.807) is 11.8 Å². The largest absolute Gasteiger partial charge is 0.650 e. The van der Waals surface area contributed by atoms with Gasteiger partial charge >= 0.3 is 0 Å². The van der Waals surface area contributed by atoms with Crippen molar-refractivity contribution in [2.75, 3.05) is 6.26 Å². The van der Waals surface area contributed by atoms with Crippen LogP contribution in [0.15, 0.2) is 29.2 Å². The summed E-state index contributed by atoms with van der Waals surface area (Å²) < 4.78 is 4.54. The third-order valence-electron chi connectivity index (χ3n) is 1.48. The van der Waals surface area contributed by atoms with E-state index < -0.39 is 0 Å². The zero-order chi connectivity index (χ0) is 8.81. The van der Waals surface area contributed by atoms with E-state index in [4.69, 9.17) is 0 Å². The van der Waals surface area contributed by atoms with E-state index >= 15 is 0 Å². The van der Waals surface area contributed by atoms with Crippen molar-refractivity contribution in [2.45, 2.75) is 11.5 Å². The van der Waals surface area contributed by atoms with E-state index in [-0.39, 0.29) is 18.6 Å². The van der Waals surface area contributed by atoms with Gasteiger partial charge in [0.25, 0.3) is 0 Å². The second-order valence-corrected chi connectivity index (χ2v) is 3.03. The summed E-state index contributed by atoms with van der Waals surface area (Å²) in [7, 11) is 0.